The summed E-state index contributed by atoms with van der Waals surface area (Å²) in [5.74, 6) is -0.174. The maximum absolute atomic E-state index is 11.8. The number of amides is 1. The van der Waals surface area contributed by atoms with Crippen molar-refractivity contribution in [3.63, 3.8) is 0 Å². The molecule has 0 radical (unpaired) electrons. The Hall–Kier alpha value is -0.620. The van der Waals surface area contributed by atoms with Crippen LogP contribution in [-0.2, 0) is 14.6 Å². The second-order valence-electron chi connectivity index (χ2n) is 4.56. The van der Waals surface area contributed by atoms with Gasteiger partial charge in [0, 0.05) is 19.3 Å². The average Bonchev–Trinajstić information content (AvgIpc) is 2.08. The van der Waals surface area contributed by atoms with Crippen LogP contribution in [0.4, 0.5) is 0 Å². The lowest BCUT2D eigenvalue weighted by Crippen LogP contribution is -2.49. The molecule has 1 fully saturated rings. The second kappa shape index (κ2) is 5.14. The lowest BCUT2D eigenvalue weighted by atomic mass is 9.91. The van der Waals surface area contributed by atoms with E-state index in [1.807, 2.05) is 0 Å². The molecule has 0 saturated heterocycles. The van der Waals surface area contributed by atoms with Gasteiger partial charge in [-0.25, -0.2) is 8.42 Å². The maximum atomic E-state index is 11.8. The van der Waals surface area contributed by atoms with E-state index in [2.05, 4.69) is 0 Å². The van der Waals surface area contributed by atoms with Gasteiger partial charge in [0.1, 0.15) is 9.84 Å². The molecule has 0 heterocycles. The van der Waals surface area contributed by atoms with Crippen LogP contribution in [0.2, 0.25) is 0 Å². The fraction of sp³-hybridized carbons (Fsp3) is 0.900. The van der Waals surface area contributed by atoms with E-state index in [1.165, 1.54) is 0 Å². The molecule has 0 aromatic carbocycles. The number of carbonyl (C=O) groups excluding carboxylic acids is 1. The zero-order chi connectivity index (χ0) is 12.3. The van der Waals surface area contributed by atoms with E-state index in [0.717, 1.165) is 25.5 Å². The van der Waals surface area contributed by atoms with Crippen LogP contribution >= 0.6 is 0 Å². The molecule has 0 aromatic heterocycles. The van der Waals surface area contributed by atoms with Gasteiger partial charge in [0.2, 0.25) is 5.91 Å². The molecule has 1 amide bonds. The Morgan fingerprint density at radius 2 is 2.06 bits per heavy atom. The minimum Gasteiger partial charge on any atom is -0.341 e. The number of nitrogens with zero attached hydrogens (tertiary/aromatic N) is 1. The summed E-state index contributed by atoms with van der Waals surface area (Å²) in [5.41, 5.74) is 5.69. The lowest BCUT2D eigenvalue weighted by molar-refractivity contribution is -0.134. The van der Waals surface area contributed by atoms with E-state index in [1.54, 1.807) is 11.9 Å². The van der Waals surface area contributed by atoms with Crippen LogP contribution < -0.4 is 5.73 Å². The number of rotatable bonds is 5. The van der Waals surface area contributed by atoms with Gasteiger partial charge in [-0.1, -0.05) is 0 Å². The summed E-state index contributed by atoms with van der Waals surface area (Å²) >= 11 is 0. The predicted octanol–water partition coefficient (Wildman–Crippen LogP) is -0.241. The molecule has 1 aliphatic carbocycles. The van der Waals surface area contributed by atoms with Crippen molar-refractivity contribution in [3.8, 4) is 0 Å². The number of nitrogens with two attached hydrogens (primary N) is 1. The summed E-state index contributed by atoms with van der Waals surface area (Å²) in [6, 6.07) is -0.392. The van der Waals surface area contributed by atoms with Crippen LogP contribution in [0.1, 0.15) is 25.7 Å². The molecule has 0 bridgehead atoms. The number of hydrogen-bond acceptors (Lipinski definition) is 4. The Bertz CT molecular complexity index is 349. The van der Waals surface area contributed by atoms with E-state index in [9.17, 15) is 13.2 Å². The highest BCUT2D eigenvalue weighted by molar-refractivity contribution is 7.90. The fourth-order valence-corrected chi connectivity index (χ4v) is 2.36. The average molecular weight is 248 g/mol. The van der Waals surface area contributed by atoms with Crippen LogP contribution in [0.25, 0.3) is 0 Å². The molecule has 94 valence electrons. The third-order valence-electron chi connectivity index (χ3n) is 3.09. The van der Waals surface area contributed by atoms with E-state index >= 15 is 0 Å². The molecule has 0 aliphatic heterocycles. The van der Waals surface area contributed by atoms with Gasteiger partial charge in [0.05, 0.1) is 11.8 Å². The van der Waals surface area contributed by atoms with Gasteiger partial charge in [-0.2, -0.15) is 0 Å². The van der Waals surface area contributed by atoms with Crippen LogP contribution in [-0.4, -0.2) is 50.4 Å². The zero-order valence-electron chi connectivity index (χ0n) is 9.85. The van der Waals surface area contributed by atoms with Crippen molar-refractivity contribution in [2.45, 2.75) is 37.8 Å². The molecule has 1 unspecified atom stereocenters. The van der Waals surface area contributed by atoms with Crippen LogP contribution in [0, 0.1) is 0 Å². The normalized spacial score (nSPS) is 18.9. The van der Waals surface area contributed by atoms with Gasteiger partial charge in [-0.05, 0) is 25.7 Å². The quantitative estimate of drug-likeness (QED) is 0.728. The monoisotopic (exact) mass is 248 g/mol. The van der Waals surface area contributed by atoms with E-state index < -0.39 is 15.9 Å². The molecule has 2 N–H and O–H groups in total. The molecule has 1 saturated carbocycles. The molecular weight excluding hydrogens is 228 g/mol. The first-order chi connectivity index (χ1) is 7.31. The topological polar surface area (TPSA) is 80.5 Å². The van der Waals surface area contributed by atoms with Gasteiger partial charge in [0.25, 0.3) is 0 Å². The molecule has 1 aliphatic rings. The first-order valence-electron chi connectivity index (χ1n) is 5.51. The molecule has 5 nitrogen and oxygen atoms in total. The minimum absolute atomic E-state index is 0.0294. The molecule has 1 atom stereocenters. The standard InChI is InChI=1S/C10H20N2O3S/c1-12(8-4-3-5-8)10(13)9(11)6-7-16(2,14)15/h8-9H,3-7,11H2,1-2H3. The molecule has 1 rings (SSSR count). The van der Waals surface area contributed by atoms with Crippen LogP contribution in [0.3, 0.4) is 0 Å². The Morgan fingerprint density at radius 3 is 2.44 bits per heavy atom. The number of hydrogen-bond donors (Lipinski definition) is 1. The SMILES string of the molecule is CN(C(=O)C(N)CCS(C)(=O)=O)C1CCC1. The van der Waals surface area contributed by atoms with Crippen molar-refractivity contribution < 1.29 is 13.2 Å². The van der Waals surface area contributed by atoms with E-state index in [0.29, 0.717) is 6.04 Å². The van der Waals surface area contributed by atoms with Gasteiger partial charge in [0.15, 0.2) is 0 Å². The van der Waals surface area contributed by atoms with Crippen molar-refractivity contribution in [1.82, 2.24) is 4.90 Å². The summed E-state index contributed by atoms with van der Waals surface area (Å²) in [6.45, 7) is 0. The Morgan fingerprint density at radius 1 is 1.50 bits per heavy atom. The van der Waals surface area contributed by atoms with Gasteiger partial charge in [-0.15, -0.1) is 0 Å². The fourth-order valence-electron chi connectivity index (χ4n) is 1.68. The number of carbonyl (C=O) groups is 1. The molecule has 0 aromatic rings. The zero-order valence-corrected chi connectivity index (χ0v) is 10.7. The summed E-state index contributed by atoms with van der Waals surface area (Å²) in [5, 5.41) is 0. The third-order valence-corrected chi connectivity index (χ3v) is 4.06. The highest BCUT2D eigenvalue weighted by Crippen LogP contribution is 2.23. The first kappa shape index (κ1) is 13.4. The molecule has 16 heavy (non-hydrogen) atoms. The Labute approximate surface area is 96.9 Å². The summed E-state index contributed by atoms with van der Waals surface area (Å²) in [6.07, 6.45) is 4.57. The van der Waals surface area contributed by atoms with E-state index in [4.69, 9.17) is 5.73 Å². The van der Waals surface area contributed by atoms with Crippen LogP contribution in [0.15, 0.2) is 0 Å². The summed E-state index contributed by atoms with van der Waals surface area (Å²) in [7, 11) is -1.30. The molecule has 0 spiro atoms. The van der Waals surface area contributed by atoms with Crippen molar-refractivity contribution in [1.29, 1.82) is 0 Å². The second-order valence-corrected chi connectivity index (χ2v) is 6.82. The Balaban J connectivity index is 2.40. The first-order valence-corrected chi connectivity index (χ1v) is 7.57. The molecule has 6 heteroatoms. The van der Waals surface area contributed by atoms with Crippen molar-refractivity contribution in [2.75, 3.05) is 19.1 Å². The van der Waals surface area contributed by atoms with Gasteiger partial charge < -0.3 is 10.6 Å². The largest absolute Gasteiger partial charge is 0.341 e. The van der Waals surface area contributed by atoms with Crippen molar-refractivity contribution >= 4 is 15.7 Å². The molecular formula is C10H20N2O3S. The highest BCUT2D eigenvalue weighted by Gasteiger charge is 2.28. The number of likely N-dealkylation sites (N-methyl/N-ethyl adjacent to an activating group) is 1. The van der Waals surface area contributed by atoms with Gasteiger partial charge >= 0.3 is 0 Å². The van der Waals surface area contributed by atoms with E-state index in [-0.39, 0.29) is 18.1 Å². The van der Waals surface area contributed by atoms with Crippen molar-refractivity contribution in [3.05, 3.63) is 0 Å². The van der Waals surface area contributed by atoms with Crippen LogP contribution in [0.5, 0.6) is 0 Å². The highest BCUT2D eigenvalue weighted by atomic mass is 32.2. The van der Waals surface area contributed by atoms with Gasteiger partial charge in [-0.3, -0.25) is 4.79 Å². The third kappa shape index (κ3) is 3.75. The Kier molecular flexibility index (Phi) is 4.32. The number of sulfone groups is 1. The predicted molar refractivity (Wildman–Crippen MR) is 62.7 cm³/mol. The summed E-state index contributed by atoms with van der Waals surface area (Å²) < 4.78 is 21.9. The van der Waals surface area contributed by atoms with Crippen molar-refractivity contribution in [2.24, 2.45) is 5.73 Å². The summed E-state index contributed by atoms with van der Waals surface area (Å²) in [4.78, 5) is 13.5. The maximum Gasteiger partial charge on any atom is 0.239 e. The minimum atomic E-state index is -3.04. The smallest absolute Gasteiger partial charge is 0.239 e. The lowest BCUT2D eigenvalue weighted by Gasteiger charge is -2.36.